The Labute approximate surface area is 89.6 Å². The molecular formula is C11H17NO3. The van der Waals surface area contributed by atoms with Gasteiger partial charge in [-0.15, -0.1) is 6.58 Å². The number of carbonyl (C=O) groups excluding carboxylic acids is 1. The summed E-state index contributed by atoms with van der Waals surface area (Å²) >= 11 is 0. The van der Waals surface area contributed by atoms with Crippen LogP contribution in [0.4, 0.5) is 0 Å². The van der Waals surface area contributed by atoms with E-state index in [9.17, 15) is 9.59 Å². The molecule has 1 amide bonds. The number of carboxylic acid groups (broad SMARTS) is 1. The minimum absolute atomic E-state index is 0.0741. The fourth-order valence-corrected chi connectivity index (χ4v) is 1.97. The van der Waals surface area contributed by atoms with Crippen LogP contribution in [0.1, 0.15) is 20.3 Å². The number of hydrogen-bond donors (Lipinski definition) is 1. The third-order valence-corrected chi connectivity index (χ3v) is 2.74. The highest BCUT2D eigenvalue weighted by atomic mass is 16.4. The number of likely N-dealkylation sites (tertiary alicyclic amines) is 1. The fourth-order valence-electron chi connectivity index (χ4n) is 1.97. The standard InChI is InChI=1S/C11H17NO3/c1-4-8-5-9(13)12(6-8)10(7(2)3)11(14)15/h4,7-8,10H,1,5-6H2,2-3H3,(H,14,15). The summed E-state index contributed by atoms with van der Waals surface area (Å²) in [5.41, 5.74) is 0. The van der Waals surface area contributed by atoms with Crippen LogP contribution < -0.4 is 0 Å². The Kier molecular flexibility index (Phi) is 3.50. The molecule has 0 radical (unpaired) electrons. The Morgan fingerprint density at radius 2 is 2.27 bits per heavy atom. The minimum Gasteiger partial charge on any atom is -0.480 e. The van der Waals surface area contributed by atoms with Crippen LogP contribution in [-0.4, -0.2) is 34.5 Å². The summed E-state index contributed by atoms with van der Waals surface area (Å²) in [6.07, 6.45) is 2.11. The molecule has 1 N–H and O–H groups in total. The van der Waals surface area contributed by atoms with Gasteiger partial charge in [0.2, 0.25) is 5.91 Å². The van der Waals surface area contributed by atoms with E-state index in [4.69, 9.17) is 5.11 Å². The molecule has 0 saturated carbocycles. The molecule has 1 heterocycles. The molecule has 15 heavy (non-hydrogen) atoms. The zero-order valence-corrected chi connectivity index (χ0v) is 9.14. The van der Waals surface area contributed by atoms with Gasteiger partial charge in [0.05, 0.1) is 0 Å². The van der Waals surface area contributed by atoms with Gasteiger partial charge >= 0.3 is 5.97 Å². The van der Waals surface area contributed by atoms with Crippen molar-refractivity contribution in [1.29, 1.82) is 0 Å². The van der Waals surface area contributed by atoms with Crippen molar-refractivity contribution in [2.24, 2.45) is 11.8 Å². The third kappa shape index (κ3) is 2.37. The highest BCUT2D eigenvalue weighted by Gasteiger charge is 2.37. The van der Waals surface area contributed by atoms with Gasteiger partial charge < -0.3 is 10.0 Å². The number of hydrogen-bond acceptors (Lipinski definition) is 2. The fraction of sp³-hybridized carbons (Fsp3) is 0.636. The molecule has 1 aliphatic heterocycles. The van der Waals surface area contributed by atoms with Crippen LogP contribution in [0.3, 0.4) is 0 Å². The van der Waals surface area contributed by atoms with Crippen molar-refractivity contribution in [1.82, 2.24) is 4.90 Å². The van der Waals surface area contributed by atoms with Gasteiger partial charge in [0.15, 0.2) is 0 Å². The van der Waals surface area contributed by atoms with Gasteiger partial charge in [-0.25, -0.2) is 4.79 Å². The SMILES string of the molecule is C=CC1CC(=O)N(C(C(=O)O)C(C)C)C1. The van der Waals surface area contributed by atoms with Gasteiger partial charge in [-0.1, -0.05) is 19.9 Å². The second kappa shape index (κ2) is 4.47. The Morgan fingerprint density at radius 3 is 2.60 bits per heavy atom. The quantitative estimate of drug-likeness (QED) is 0.709. The van der Waals surface area contributed by atoms with E-state index in [1.54, 1.807) is 6.08 Å². The lowest BCUT2D eigenvalue weighted by Crippen LogP contribution is -2.45. The second-order valence-electron chi connectivity index (χ2n) is 4.27. The average Bonchev–Trinajstić information content (AvgIpc) is 2.46. The van der Waals surface area contributed by atoms with Crippen LogP contribution >= 0.6 is 0 Å². The zero-order valence-electron chi connectivity index (χ0n) is 9.14. The predicted octanol–water partition coefficient (Wildman–Crippen LogP) is 1.13. The van der Waals surface area contributed by atoms with Crippen LogP contribution in [0.25, 0.3) is 0 Å². The number of nitrogens with zero attached hydrogens (tertiary/aromatic N) is 1. The van der Waals surface area contributed by atoms with E-state index in [1.807, 2.05) is 13.8 Å². The molecule has 0 aromatic heterocycles. The van der Waals surface area contributed by atoms with Crippen LogP contribution in [0, 0.1) is 11.8 Å². The van der Waals surface area contributed by atoms with E-state index in [0.29, 0.717) is 13.0 Å². The molecule has 1 fully saturated rings. The maximum Gasteiger partial charge on any atom is 0.326 e. The van der Waals surface area contributed by atoms with Gasteiger partial charge in [0, 0.05) is 18.9 Å². The van der Waals surface area contributed by atoms with Crippen molar-refractivity contribution in [3.63, 3.8) is 0 Å². The highest BCUT2D eigenvalue weighted by molar-refractivity contribution is 5.85. The van der Waals surface area contributed by atoms with E-state index in [0.717, 1.165) is 0 Å². The van der Waals surface area contributed by atoms with Crippen molar-refractivity contribution < 1.29 is 14.7 Å². The first-order chi connectivity index (χ1) is 6.97. The monoisotopic (exact) mass is 211 g/mol. The zero-order chi connectivity index (χ0) is 11.6. The Hall–Kier alpha value is -1.32. The Bertz CT molecular complexity index is 286. The highest BCUT2D eigenvalue weighted by Crippen LogP contribution is 2.24. The lowest BCUT2D eigenvalue weighted by molar-refractivity contribution is -0.150. The molecule has 0 aromatic rings. The summed E-state index contributed by atoms with van der Waals surface area (Å²) in [7, 11) is 0. The Balaban J connectivity index is 2.81. The van der Waals surface area contributed by atoms with E-state index in [2.05, 4.69) is 6.58 Å². The molecule has 1 aliphatic rings. The number of rotatable bonds is 4. The summed E-state index contributed by atoms with van der Waals surface area (Å²) in [5, 5.41) is 9.06. The summed E-state index contributed by atoms with van der Waals surface area (Å²) < 4.78 is 0. The Morgan fingerprint density at radius 1 is 1.67 bits per heavy atom. The van der Waals surface area contributed by atoms with Gasteiger partial charge in [-0.3, -0.25) is 4.79 Å². The number of aliphatic carboxylic acids is 1. The number of amides is 1. The average molecular weight is 211 g/mol. The number of carbonyl (C=O) groups is 2. The first-order valence-electron chi connectivity index (χ1n) is 5.12. The normalized spacial score (nSPS) is 23.3. The molecule has 1 rings (SSSR count). The van der Waals surface area contributed by atoms with Crippen molar-refractivity contribution in [2.75, 3.05) is 6.54 Å². The molecule has 0 bridgehead atoms. The van der Waals surface area contributed by atoms with Crippen LogP contribution in [-0.2, 0) is 9.59 Å². The lowest BCUT2D eigenvalue weighted by Gasteiger charge is -2.27. The van der Waals surface area contributed by atoms with Gasteiger partial charge in [0.25, 0.3) is 0 Å². The van der Waals surface area contributed by atoms with E-state index < -0.39 is 12.0 Å². The summed E-state index contributed by atoms with van der Waals surface area (Å²) in [6.45, 7) is 7.74. The third-order valence-electron chi connectivity index (χ3n) is 2.74. The van der Waals surface area contributed by atoms with Crippen LogP contribution in [0.5, 0.6) is 0 Å². The van der Waals surface area contributed by atoms with E-state index >= 15 is 0 Å². The topological polar surface area (TPSA) is 57.6 Å². The molecule has 1 saturated heterocycles. The summed E-state index contributed by atoms with van der Waals surface area (Å²) in [4.78, 5) is 24.1. The van der Waals surface area contributed by atoms with Crippen molar-refractivity contribution in [2.45, 2.75) is 26.3 Å². The van der Waals surface area contributed by atoms with Crippen molar-refractivity contribution in [3.05, 3.63) is 12.7 Å². The summed E-state index contributed by atoms with van der Waals surface area (Å²) in [6, 6.07) is -0.706. The predicted molar refractivity (Wildman–Crippen MR) is 56.3 cm³/mol. The first kappa shape index (κ1) is 11.8. The van der Waals surface area contributed by atoms with Crippen LogP contribution in [0.2, 0.25) is 0 Å². The smallest absolute Gasteiger partial charge is 0.326 e. The largest absolute Gasteiger partial charge is 0.480 e. The van der Waals surface area contributed by atoms with E-state index in [1.165, 1.54) is 4.90 Å². The van der Waals surface area contributed by atoms with E-state index in [-0.39, 0.29) is 17.7 Å². The molecule has 4 nitrogen and oxygen atoms in total. The minimum atomic E-state index is -0.928. The lowest BCUT2D eigenvalue weighted by atomic mass is 10.0. The maximum absolute atomic E-state index is 11.6. The second-order valence-corrected chi connectivity index (χ2v) is 4.27. The van der Waals surface area contributed by atoms with Crippen molar-refractivity contribution >= 4 is 11.9 Å². The van der Waals surface area contributed by atoms with Gasteiger partial charge in [-0.2, -0.15) is 0 Å². The van der Waals surface area contributed by atoms with Gasteiger partial charge in [-0.05, 0) is 5.92 Å². The van der Waals surface area contributed by atoms with Crippen LogP contribution in [0.15, 0.2) is 12.7 Å². The van der Waals surface area contributed by atoms with Gasteiger partial charge in [0.1, 0.15) is 6.04 Å². The summed E-state index contributed by atoms with van der Waals surface area (Å²) in [5.74, 6) is -0.989. The molecule has 0 aliphatic carbocycles. The van der Waals surface area contributed by atoms with Crippen molar-refractivity contribution in [3.8, 4) is 0 Å². The molecular weight excluding hydrogens is 194 g/mol. The number of carboxylic acids is 1. The first-order valence-corrected chi connectivity index (χ1v) is 5.12. The molecule has 84 valence electrons. The molecule has 0 spiro atoms. The molecule has 0 aromatic carbocycles. The molecule has 2 atom stereocenters. The molecule has 2 unspecified atom stereocenters. The maximum atomic E-state index is 11.6. The molecule has 4 heteroatoms.